The Morgan fingerprint density at radius 2 is 1.94 bits per heavy atom. The number of hydrogen-bond acceptors (Lipinski definition) is 6. The Kier molecular flexibility index (Phi) is 8.79. The van der Waals surface area contributed by atoms with E-state index in [4.69, 9.17) is 4.74 Å². The van der Waals surface area contributed by atoms with Crippen molar-refractivity contribution in [2.45, 2.75) is 56.9 Å². The highest BCUT2D eigenvalue weighted by molar-refractivity contribution is 7.92. The van der Waals surface area contributed by atoms with Gasteiger partial charge < -0.3 is 20.1 Å². The number of carboxylic acids is 1. The smallest absolute Gasteiger partial charge is 0.341 e. The monoisotopic (exact) mass is 489 g/mol. The quantitative estimate of drug-likeness (QED) is 0.401. The number of likely N-dealkylation sites (tertiary alicyclic amines) is 1. The molecule has 1 atom stereocenters. The second-order valence-corrected chi connectivity index (χ2v) is 10.3. The largest absolute Gasteiger partial charge is 0.495 e. The molecule has 34 heavy (non-hydrogen) atoms. The summed E-state index contributed by atoms with van der Waals surface area (Å²) in [6.45, 7) is 6.85. The van der Waals surface area contributed by atoms with Crippen molar-refractivity contribution in [3.8, 4) is 5.75 Å². The van der Waals surface area contributed by atoms with Gasteiger partial charge in [-0.05, 0) is 62.9 Å². The fraction of sp³-hybridized carbons (Fsp3) is 0.480. The van der Waals surface area contributed by atoms with Crippen LogP contribution < -0.4 is 14.8 Å². The SMILES string of the molecule is CCc1ccc(NS(=O)(=O)c2ccccc2NCCCN2CCCC[C@H]2C)c(C(=O)O)c1OC. The van der Waals surface area contributed by atoms with Gasteiger partial charge in [0, 0.05) is 19.1 Å². The van der Waals surface area contributed by atoms with Gasteiger partial charge in [-0.15, -0.1) is 0 Å². The van der Waals surface area contributed by atoms with Crippen molar-refractivity contribution < 1.29 is 23.1 Å². The number of carbonyl (C=O) groups is 1. The van der Waals surface area contributed by atoms with Crippen molar-refractivity contribution >= 4 is 27.4 Å². The molecule has 186 valence electrons. The van der Waals surface area contributed by atoms with Gasteiger partial charge in [0.1, 0.15) is 16.2 Å². The molecule has 1 saturated heterocycles. The number of aromatic carboxylic acids is 1. The molecule has 0 saturated carbocycles. The number of carboxylic acid groups (broad SMARTS) is 1. The van der Waals surface area contributed by atoms with Crippen LogP contribution in [-0.2, 0) is 16.4 Å². The first-order chi connectivity index (χ1) is 16.3. The number of nitrogens with one attached hydrogen (secondary N) is 2. The van der Waals surface area contributed by atoms with Crippen molar-refractivity contribution in [3.05, 3.63) is 47.5 Å². The van der Waals surface area contributed by atoms with Crippen LogP contribution in [0.25, 0.3) is 0 Å². The average Bonchev–Trinajstić information content (AvgIpc) is 2.82. The van der Waals surface area contributed by atoms with Crippen LogP contribution in [0.2, 0.25) is 0 Å². The highest BCUT2D eigenvalue weighted by Crippen LogP contribution is 2.33. The number of aryl methyl sites for hydroxylation is 1. The Balaban J connectivity index is 1.77. The number of hydrogen-bond donors (Lipinski definition) is 3. The molecule has 0 unspecified atom stereocenters. The van der Waals surface area contributed by atoms with E-state index in [0.29, 0.717) is 30.3 Å². The van der Waals surface area contributed by atoms with E-state index in [0.717, 1.165) is 19.5 Å². The van der Waals surface area contributed by atoms with Gasteiger partial charge in [0.05, 0.1) is 18.5 Å². The van der Waals surface area contributed by atoms with Crippen molar-refractivity contribution in [1.82, 2.24) is 4.90 Å². The van der Waals surface area contributed by atoms with Gasteiger partial charge in [-0.2, -0.15) is 0 Å². The van der Waals surface area contributed by atoms with E-state index in [1.54, 1.807) is 24.3 Å². The Morgan fingerprint density at radius 1 is 1.18 bits per heavy atom. The third-order valence-corrected chi connectivity index (χ3v) is 7.76. The van der Waals surface area contributed by atoms with Crippen LogP contribution in [0.1, 0.15) is 55.5 Å². The van der Waals surface area contributed by atoms with E-state index in [2.05, 4.69) is 21.9 Å². The number of rotatable bonds is 11. The molecule has 1 fully saturated rings. The fourth-order valence-corrected chi connectivity index (χ4v) is 5.73. The van der Waals surface area contributed by atoms with E-state index in [1.165, 1.54) is 38.5 Å². The summed E-state index contributed by atoms with van der Waals surface area (Å²) in [5, 5.41) is 13.0. The van der Waals surface area contributed by atoms with Crippen molar-refractivity contribution in [2.24, 2.45) is 0 Å². The first-order valence-corrected chi connectivity index (χ1v) is 13.3. The van der Waals surface area contributed by atoms with E-state index >= 15 is 0 Å². The molecule has 0 aromatic heterocycles. The summed E-state index contributed by atoms with van der Waals surface area (Å²) in [7, 11) is -2.67. The molecule has 9 heteroatoms. The van der Waals surface area contributed by atoms with Crippen LogP contribution in [-0.4, -0.2) is 57.2 Å². The summed E-state index contributed by atoms with van der Waals surface area (Å²) in [5.74, 6) is -1.10. The normalized spacial score (nSPS) is 16.7. The molecule has 8 nitrogen and oxygen atoms in total. The molecule has 0 bridgehead atoms. The maximum atomic E-state index is 13.3. The molecular weight excluding hydrogens is 454 g/mol. The molecule has 2 aromatic rings. The van der Waals surface area contributed by atoms with E-state index in [1.807, 2.05) is 6.92 Å². The number of sulfonamides is 1. The Bertz CT molecular complexity index is 1100. The minimum absolute atomic E-state index is 0.0320. The maximum Gasteiger partial charge on any atom is 0.341 e. The third kappa shape index (κ3) is 6.01. The average molecular weight is 490 g/mol. The summed E-state index contributed by atoms with van der Waals surface area (Å²) < 4.78 is 34.3. The summed E-state index contributed by atoms with van der Waals surface area (Å²) >= 11 is 0. The number of methoxy groups -OCH3 is 1. The second-order valence-electron chi connectivity index (χ2n) is 8.60. The van der Waals surface area contributed by atoms with Gasteiger partial charge in [0.25, 0.3) is 10.0 Å². The van der Waals surface area contributed by atoms with Crippen LogP contribution in [0.4, 0.5) is 11.4 Å². The van der Waals surface area contributed by atoms with Crippen molar-refractivity contribution in [1.29, 1.82) is 0 Å². The molecule has 0 radical (unpaired) electrons. The Hall–Kier alpha value is -2.78. The predicted molar refractivity (Wildman–Crippen MR) is 135 cm³/mol. The summed E-state index contributed by atoms with van der Waals surface area (Å²) in [5.41, 5.74) is 0.936. The lowest BCUT2D eigenvalue weighted by Gasteiger charge is -2.33. The zero-order chi connectivity index (χ0) is 24.7. The highest BCUT2D eigenvalue weighted by atomic mass is 32.2. The number of benzene rings is 2. The van der Waals surface area contributed by atoms with Gasteiger partial charge in [0.15, 0.2) is 0 Å². The van der Waals surface area contributed by atoms with E-state index in [9.17, 15) is 18.3 Å². The molecule has 1 heterocycles. The summed E-state index contributed by atoms with van der Waals surface area (Å²) in [6.07, 6.45) is 5.19. The molecule has 3 rings (SSSR count). The van der Waals surface area contributed by atoms with Crippen molar-refractivity contribution in [2.75, 3.05) is 36.8 Å². The standard InChI is InChI=1S/C25H35N3O5S/c1-4-19-13-14-21(23(25(29)30)24(19)33-3)27-34(31,32)22-12-6-5-11-20(22)26-15-9-17-28-16-8-7-10-18(28)2/h5-6,11-14,18,26-27H,4,7-10,15-17H2,1-3H3,(H,29,30)/t18-/m1/s1. The topological polar surface area (TPSA) is 108 Å². The van der Waals surface area contributed by atoms with Gasteiger partial charge >= 0.3 is 5.97 Å². The number of ether oxygens (including phenoxy) is 1. The molecule has 0 aliphatic carbocycles. The number of para-hydroxylation sites is 1. The summed E-state index contributed by atoms with van der Waals surface area (Å²) in [4.78, 5) is 14.5. The lowest BCUT2D eigenvalue weighted by Crippen LogP contribution is -2.38. The molecule has 0 amide bonds. The van der Waals surface area contributed by atoms with Gasteiger partial charge in [-0.1, -0.05) is 31.5 Å². The molecule has 2 aromatic carbocycles. The number of nitrogens with zero attached hydrogens (tertiary/aromatic N) is 1. The minimum Gasteiger partial charge on any atom is -0.495 e. The van der Waals surface area contributed by atoms with Gasteiger partial charge in [0.2, 0.25) is 0 Å². The lowest BCUT2D eigenvalue weighted by atomic mass is 10.0. The maximum absolute atomic E-state index is 13.3. The Morgan fingerprint density at radius 3 is 2.62 bits per heavy atom. The minimum atomic E-state index is -4.05. The molecule has 1 aliphatic heterocycles. The summed E-state index contributed by atoms with van der Waals surface area (Å²) in [6, 6.07) is 10.4. The highest BCUT2D eigenvalue weighted by Gasteiger charge is 2.25. The van der Waals surface area contributed by atoms with Crippen molar-refractivity contribution in [3.63, 3.8) is 0 Å². The van der Waals surface area contributed by atoms with Crippen LogP contribution in [0.5, 0.6) is 5.75 Å². The molecule has 1 aliphatic rings. The van der Waals surface area contributed by atoms with Gasteiger partial charge in [-0.3, -0.25) is 4.72 Å². The predicted octanol–water partition coefficient (Wildman–Crippen LogP) is 4.43. The lowest BCUT2D eigenvalue weighted by molar-refractivity contribution is 0.0694. The van der Waals surface area contributed by atoms with Crippen LogP contribution >= 0.6 is 0 Å². The first-order valence-electron chi connectivity index (χ1n) is 11.8. The molecular formula is C25H35N3O5S. The Labute approximate surface area is 202 Å². The number of anilines is 2. The zero-order valence-corrected chi connectivity index (χ0v) is 21.0. The van der Waals surface area contributed by atoms with Crippen LogP contribution in [0.15, 0.2) is 41.3 Å². The van der Waals surface area contributed by atoms with E-state index < -0.39 is 16.0 Å². The van der Waals surface area contributed by atoms with Gasteiger partial charge in [-0.25, -0.2) is 13.2 Å². The zero-order valence-electron chi connectivity index (χ0n) is 20.1. The first kappa shape index (κ1) is 25.8. The van der Waals surface area contributed by atoms with Crippen LogP contribution in [0.3, 0.4) is 0 Å². The molecule has 0 spiro atoms. The number of piperidine rings is 1. The molecule has 3 N–H and O–H groups in total. The van der Waals surface area contributed by atoms with Crippen LogP contribution in [0, 0.1) is 0 Å². The van der Waals surface area contributed by atoms with E-state index in [-0.39, 0.29) is 21.9 Å². The second kappa shape index (κ2) is 11.6. The third-order valence-electron chi connectivity index (χ3n) is 6.34. The fourth-order valence-electron chi connectivity index (χ4n) is 4.48.